The molecule has 1 aromatic carbocycles. The maximum Gasteiger partial charge on any atom is 0.183 e. The molecule has 2 aliphatic heterocycles. The van der Waals surface area contributed by atoms with Gasteiger partial charge in [-0.2, -0.15) is 0 Å². The van der Waals surface area contributed by atoms with Crippen LogP contribution >= 0.6 is 0 Å². The highest BCUT2D eigenvalue weighted by Gasteiger charge is 2.50. The lowest BCUT2D eigenvalue weighted by molar-refractivity contribution is 0.293. The Morgan fingerprint density at radius 3 is 2.64 bits per heavy atom. The number of rotatable bonds is 3. The average Bonchev–Trinajstić information content (AvgIpc) is 3.37. The normalized spacial score (nSPS) is 24.3. The van der Waals surface area contributed by atoms with Gasteiger partial charge in [0, 0.05) is 24.6 Å². The number of fused-ring (bicyclic) bond motifs is 3. The van der Waals surface area contributed by atoms with Gasteiger partial charge in [0.05, 0.1) is 29.2 Å². The van der Waals surface area contributed by atoms with Gasteiger partial charge < -0.3 is 8.83 Å². The molecule has 2 aromatic heterocycles. The molecule has 1 fully saturated rings. The highest BCUT2D eigenvalue weighted by atomic mass is 32.2. The van der Waals surface area contributed by atoms with Crippen molar-refractivity contribution in [1.29, 1.82) is 0 Å². The molecule has 0 amide bonds. The lowest BCUT2D eigenvalue weighted by Crippen LogP contribution is -2.25. The molecule has 0 N–H and O–H groups in total. The Labute approximate surface area is 145 Å². The van der Waals surface area contributed by atoms with Crippen LogP contribution in [0.3, 0.4) is 0 Å². The second-order valence-corrected chi connectivity index (χ2v) is 8.83. The van der Waals surface area contributed by atoms with E-state index in [1.807, 2.05) is 36.4 Å². The van der Waals surface area contributed by atoms with Gasteiger partial charge in [-0.15, -0.1) is 0 Å². The number of likely N-dealkylation sites (tertiary alicyclic amines) is 1. The summed E-state index contributed by atoms with van der Waals surface area (Å²) in [5, 5.41) is -0.371. The number of furan rings is 2. The molecule has 4 heterocycles. The molecule has 0 radical (unpaired) electrons. The summed E-state index contributed by atoms with van der Waals surface area (Å²) in [4.78, 5) is 2.64. The Hall–Kier alpha value is -2.31. The molecule has 128 valence electrons. The predicted octanol–water partition coefficient (Wildman–Crippen LogP) is 3.29. The van der Waals surface area contributed by atoms with Crippen molar-refractivity contribution in [3.63, 3.8) is 0 Å². The first-order chi connectivity index (χ1) is 12.1. The van der Waals surface area contributed by atoms with Gasteiger partial charge in [-0.25, -0.2) is 8.42 Å². The van der Waals surface area contributed by atoms with Crippen LogP contribution in [0.4, 0.5) is 0 Å². The summed E-state index contributed by atoms with van der Waals surface area (Å²) >= 11 is 0. The van der Waals surface area contributed by atoms with Crippen LogP contribution in [0.1, 0.15) is 17.2 Å². The highest BCUT2D eigenvalue weighted by molar-refractivity contribution is 7.92. The van der Waals surface area contributed by atoms with Gasteiger partial charge in [0.1, 0.15) is 11.5 Å². The minimum atomic E-state index is -3.28. The van der Waals surface area contributed by atoms with E-state index in [2.05, 4.69) is 4.90 Å². The fourth-order valence-corrected chi connectivity index (χ4v) is 6.27. The fourth-order valence-electron chi connectivity index (χ4n) is 4.07. The van der Waals surface area contributed by atoms with Crippen molar-refractivity contribution in [3.05, 3.63) is 66.3 Å². The van der Waals surface area contributed by atoms with Crippen molar-refractivity contribution in [3.8, 4) is 11.3 Å². The minimum absolute atomic E-state index is 0.00451. The lowest BCUT2D eigenvalue weighted by Gasteiger charge is -2.15. The number of nitrogens with zero attached hydrogens (tertiary/aromatic N) is 1. The van der Waals surface area contributed by atoms with Crippen molar-refractivity contribution in [2.45, 2.75) is 22.6 Å². The number of hydrogen-bond donors (Lipinski definition) is 0. The second-order valence-electron chi connectivity index (χ2n) is 6.69. The van der Waals surface area contributed by atoms with E-state index in [1.165, 1.54) is 0 Å². The quantitative estimate of drug-likeness (QED) is 0.721. The highest BCUT2D eigenvalue weighted by Crippen LogP contribution is 2.46. The summed E-state index contributed by atoms with van der Waals surface area (Å²) < 4.78 is 36.7. The van der Waals surface area contributed by atoms with Crippen LogP contribution in [0.5, 0.6) is 0 Å². The maximum absolute atomic E-state index is 12.9. The van der Waals surface area contributed by atoms with E-state index >= 15 is 0 Å². The summed E-state index contributed by atoms with van der Waals surface area (Å²) in [5.41, 5.74) is 1.84. The Morgan fingerprint density at radius 2 is 1.88 bits per heavy atom. The Balaban J connectivity index is 1.51. The van der Waals surface area contributed by atoms with Crippen LogP contribution in [-0.2, 0) is 16.4 Å². The number of benzene rings is 1. The Bertz CT molecular complexity index is 1010. The molecular weight excluding hydrogens is 338 g/mol. The molecule has 0 bridgehead atoms. The summed E-state index contributed by atoms with van der Waals surface area (Å²) in [6.45, 7) is 1.90. The largest absolute Gasteiger partial charge is 0.468 e. The van der Waals surface area contributed by atoms with Crippen molar-refractivity contribution < 1.29 is 17.3 Å². The second kappa shape index (κ2) is 5.34. The van der Waals surface area contributed by atoms with Gasteiger partial charge in [-0.1, -0.05) is 0 Å². The van der Waals surface area contributed by atoms with Crippen LogP contribution in [0.15, 0.2) is 68.7 Å². The van der Waals surface area contributed by atoms with Crippen molar-refractivity contribution in [1.82, 2.24) is 4.90 Å². The smallest absolute Gasteiger partial charge is 0.183 e. The molecule has 2 aliphatic rings. The predicted molar refractivity (Wildman–Crippen MR) is 91.8 cm³/mol. The SMILES string of the molecule is O=S1(=O)c2ccc(-c3ccco3)cc2[C@@H]2CN(Cc3ccco3)C[C@@H]21. The molecule has 25 heavy (non-hydrogen) atoms. The first kappa shape index (κ1) is 15.0. The van der Waals surface area contributed by atoms with E-state index in [-0.39, 0.29) is 11.2 Å². The third-order valence-corrected chi connectivity index (χ3v) is 7.48. The molecule has 0 aliphatic carbocycles. The van der Waals surface area contributed by atoms with E-state index in [0.717, 1.165) is 29.2 Å². The summed E-state index contributed by atoms with van der Waals surface area (Å²) in [5.74, 6) is 1.63. The molecule has 0 unspecified atom stereocenters. The van der Waals surface area contributed by atoms with E-state index in [9.17, 15) is 8.42 Å². The first-order valence-electron chi connectivity index (χ1n) is 8.29. The van der Waals surface area contributed by atoms with Gasteiger partial charge in [0.15, 0.2) is 9.84 Å². The third-order valence-electron chi connectivity index (χ3n) is 5.22. The van der Waals surface area contributed by atoms with E-state index in [1.54, 1.807) is 18.6 Å². The number of hydrogen-bond acceptors (Lipinski definition) is 5. The zero-order valence-corrected chi connectivity index (χ0v) is 14.3. The standard InChI is InChI=1S/C19H17NO4S/c21-25(22)18-6-5-13(17-4-2-8-24-17)9-15(18)16-11-20(12-19(16)25)10-14-3-1-7-23-14/h1-9,16,19H,10-12H2/t16-,19-/m0/s1. The van der Waals surface area contributed by atoms with Gasteiger partial charge in [0.25, 0.3) is 0 Å². The molecule has 5 rings (SSSR count). The zero-order chi connectivity index (χ0) is 17.0. The average molecular weight is 355 g/mol. The van der Waals surface area contributed by atoms with Crippen LogP contribution in [0.2, 0.25) is 0 Å². The molecule has 3 aromatic rings. The van der Waals surface area contributed by atoms with E-state index in [4.69, 9.17) is 8.83 Å². The van der Waals surface area contributed by atoms with Gasteiger partial charge in [-0.3, -0.25) is 4.90 Å². The third kappa shape index (κ3) is 2.28. The first-order valence-corrected chi connectivity index (χ1v) is 9.84. The van der Waals surface area contributed by atoms with E-state index in [0.29, 0.717) is 18.0 Å². The van der Waals surface area contributed by atoms with Gasteiger partial charge in [-0.05, 0) is 48.0 Å². The number of sulfone groups is 1. The van der Waals surface area contributed by atoms with Crippen LogP contribution in [0, 0.1) is 0 Å². The lowest BCUT2D eigenvalue weighted by atomic mass is 9.96. The summed E-state index contributed by atoms with van der Waals surface area (Å²) in [7, 11) is -3.28. The van der Waals surface area contributed by atoms with Crippen LogP contribution in [0.25, 0.3) is 11.3 Å². The Morgan fingerprint density at radius 1 is 1.04 bits per heavy atom. The zero-order valence-electron chi connectivity index (χ0n) is 13.5. The topological polar surface area (TPSA) is 63.7 Å². The molecule has 5 nitrogen and oxygen atoms in total. The van der Waals surface area contributed by atoms with Crippen molar-refractivity contribution in [2.75, 3.05) is 13.1 Å². The van der Waals surface area contributed by atoms with Crippen molar-refractivity contribution >= 4 is 9.84 Å². The fraction of sp³-hybridized carbons (Fsp3) is 0.263. The van der Waals surface area contributed by atoms with Crippen molar-refractivity contribution in [2.24, 2.45) is 0 Å². The van der Waals surface area contributed by atoms with Gasteiger partial charge >= 0.3 is 0 Å². The molecule has 2 atom stereocenters. The molecular formula is C19H17NO4S. The molecule has 1 saturated heterocycles. The monoisotopic (exact) mass is 355 g/mol. The molecule has 6 heteroatoms. The van der Waals surface area contributed by atoms with Crippen LogP contribution in [-0.4, -0.2) is 31.7 Å². The summed E-state index contributed by atoms with van der Waals surface area (Å²) in [6.07, 6.45) is 3.27. The Kier molecular flexibility index (Phi) is 3.20. The van der Waals surface area contributed by atoms with E-state index < -0.39 is 9.84 Å². The van der Waals surface area contributed by atoms with Gasteiger partial charge in [0.2, 0.25) is 0 Å². The maximum atomic E-state index is 12.9. The molecule has 0 saturated carbocycles. The summed E-state index contributed by atoms with van der Waals surface area (Å²) in [6, 6.07) is 13.0. The van der Waals surface area contributed by atoms with Crippen LogP contribution < -0.4 is 0 Å². The minimum Gasteiger partial charge on any atom is -0.468 e. The molecule has 0 spiro atoms.